The molecular formula is C11H14O2. The Hall–Kier alpha value is -1.57. The molecule has 0 fully saturated rings. The Morgan fingerprint density at radius 3 is 2.23 bits per heavy atom. The van der Waals surface area contributed by atoms with Crippen molar-refractivity contribution in [2.24, 2.45) is 0 Å². The van der Waals surface area contributed by atoms with E-state index in [0.29, 0.717) is 5.75 Å². The molecule has 0 atom stereocenters. The summed E-state index contributed by atoms with van der Waals surface area (Å²) in [5, 5.41) is 0. The number of hydrogen-bond donors (Lipinski definition) is 0. The largest absolute Gasteiger partial charge is 0.427 e. The third-order valence-corrected chi connectivity index (χ3v) is 1.00. The maximum Gasteiger partial charge on any atom is 0.308 e. The first kappa shape index (κ1) is 11.4. The van der Waals surface area contributed by atoms with E-state index in [9.17, 15) is 4.79 Å². The van der Waals surface area contributed by atoms with Crippen LogP contribution in [0.5, 0.6) is 5.75 Å². The minimum Gasteiger partial charge on any atom is -0.427 e. The van der Waals surface area contributed by atoms with E-state index in [2.05, 4.69) is 6.58 Å². The van der Waals surface area contributed by atoms with E-state index in [0.717, 1.165) is 0 Å². The second-order valence-electron chi connectivity index (χ2n) is 2.31. The van der Waals surface area contributed by atoms with Crippen molar-refractivity contribution < 1.29 is 9.53 Å². The Kier molecular flexibility index (Phi) is 6.24. The Morgan fingerprint density at radius 2 is 1.85 bits per heavy atom. The van der Waals surface area contributed by atoms with Crippen molar-refractivity contribution in [3.05, 3.63) is 43.0 Å². The van der Waals surface area contributed by atoms with Gasteiger partial charge in [-0.3, -0.25) is 4.79 Å². The predicted molar refractivity (Wildman–Crippen MR) is 53.6 cm³/mol. The summed E-state index contributed by atoms with van der Waals surface area (Å²) in [6, 6.07) is 8.98. The molecule has 0 saturated carbocycles. The molecule has 1 rings (SSSR count). The first-order valence-corrected chi connectivity index (χ1v) is 4.01. The molecule has 13 heavy (non-hydrogen) atoms. The fraction of sp³-hybridized carbons (Fsp3) is 0.182. The lowest BCUT2D eigenvalue weighted by atomic mass is 10.3. The Bertz CT molecular complexity index is 252. The van der Waals surface area contributed by atoms with Gasteiger partial charge in [0.15, 0.2) is 0 Å². The van der Waals surface area contributed by atoms with Crippen LogP contribution in [0.25, 0.3) is 0 Å². The van der Waals surface area contributed by atoms with Crippen LogP contribution in [0.2, 0.25) is 0 Å². The van der Waals surface area contributed by atoms with Crippen LogP contribution in [0.1, 0.15) is 13.8 Å². The van der Waals surface area contributed by atoms with Crippen LogP contribution in [-0.4, -0.2) is 5.97 Å². The molecule has 0 radical (unpaired) electrons. The van der Waals surface area contributed by atoms with Crippen LogP contribution in [-0.2, 0) is 4.79 Å². The van der Waals surface area contributed by atoms with E-state index in [1.54, 1.807) is 18.2 Å². The Labute approximate surface area is 78.8 Å². The van der Waals surface area contributed by atoms with Crippen molar-refractivity contribution in [3.8, 4) is 5.75 Å². The van der Waals surface area contributed by atoms with Crippen molar-refractivity contribution in [2.75, 3.05) is 0 Å². The van der Waals surface area contributed by atoms with Gasteiger partial charge >= 0.3 is 5.97 Å². The Morgan fingerprint density at radius 1 is 1.38 bits per heavy atom. The summed E-state index contributed by atoms with van der Waals surface area (Å²) in [4.78, 5) is 10.4. The summed E-state index contributed by atoms with van der Waals surface area (Å²) in [6.45, 7) is 6.63. The highest BCUT2D eigenvalue weighted by Crippen LogP contribution is 2.07. The monoisotopic (exact) mass is 178 g/mol. The van der Waals surface area contributed by atoms with Crippen LogP contribution >= 0.6 is 0 Å². The van der Waals surface area contributed by atoms with Crippen molar-refractivity contribution in [1.29, 1.82) is 0 Å². The number of hydrogen-bond acceptors (Lipinski definition) is 2. The predicted octanol–water partition coefficient (Wildman–Crippen LogP) is 2.80. The number of carbonyl (C=O) groups is 1. The highest BCUT2D eigenvalue weighted by molar-refractivity contribution is 5.69. The zero-order valence-corrected chi connectivity index (χ0v) is 7.99. The van der Waals surface area contributed by atoms with E-state index < -0.39 is 0 Å². The van der Waals surface area contributed by atoms with Gasteiger partial charge in [0.2, 0.25) is 0 Å². The molecule has 0 aliphatic heterocycles. The summed E-state index contributed by atoms with van der Waals surface area (Å²) >= 11 is 0. The normalized spacial score (nSPS) is 7.85. The van der Waals surface area contributed by atoms with E-state index in [1.165, 1.54) is 6.92 Å². The average Bonchev–Trinajstić information content (AvgIpc) is 2.06. The van der Waals surface area contributed by atoms with Gasteiger partial charge in [0.1, 0.15) is 5.75 Å². The molecule has 1 aromatic rings. The minimum absolute atomic E-state index is 0.286. The second-order valence-corrected chi connectivity index (χ2v) is 2.31. The van der Waals surface area contributed by atoms with Gasteiger partial charge in [-0.1, -0.05) is 24.3 Å². The highest BCUT2D eigenvalue weighted by Gasteiger charge is 1.92. The van der Waals surface area contributed by atoms with Crippen molar-refractivity contribution in [3.63, 3.8) is 0 Å². The molecule has 0 aliphatic rings. The second kappa shape index (κ2) is 7.10. The zero-order chi connectivity index (χ0) is 10.1. The van der Waals surface area contributed by atoms with Crippen molar-refractivity contribution >= 4 is 5.97 Å². The van der Waals surface area contributed by atoms with Crippen LogP contribution < -0.4 is 4.74 Å². The topological polar surface area (TPSA) is 26.3 Å². The number of ether oxygens (including phenoxy) is 1. The van der Waals surface area contributed by atoms with Gasteiger partial charge in [0.05, 0.1) is 0 Å². The molecule has 0 unspecified atom stereocenters. The molecule has 0 aromatic heterocycles. The van der Waals surface area contributed by atoms with Gasteiger partial charge in [-0.15, -0.1) is 6.58 Å². The van der Waals surface area contributed by atoms with Crippen LogP contribution in [0, 0.1) is 0 Å². The van der Waals surface area contributed by atoms with Crippen molar-refractivity contribution in [2.45, 2.75) is 13.8 Å². The zero-order valence-electron chi connectivity index (χ0n) is 7.99. The lowest BCUT2D eigenvalue weighted by Crippen LogP contribution is -2.00. The minimum atomic E-state index is -0.286. The molecule has 0 saturated heterocycles. The number of benzene rings is 1. The molecule has 0 spiro atoms. The summed E-state index contributed by atoms with van der Waals surface area (Å²) in [6.07, 6.45) is 1.75. The highest BCUT2D eigenvalue weighted by atomic mass is 16.5. The van der Waals surface area contributed by atoms with E-state index in [-0.39, 0.29) is 5.97 Å². The number of rotatable bonds is 1. The molecule has 0 aliphatic carbocycles. The van der Waals surface area contributed by atoms with E-state index in [1.807, 2.05) is 25.1 Å². The van der Waals surface area contributed by atoms with Gasteiger partial charge in [0, 0.05) is 6.92 Å². The molecule has 0 N–H and O–H groups in total. The maximum absolute atomic E-state index is 10.4. The third kappa shape index (κ3) is 6.81. The molecule has 70 valence electrons. The number of esters is 1. The van der Waals surface area contributed by atoms with Crippen LogP contribution in [0.3, 0.4) is 0 Å². The van der Waals surface area contributed by atoms with Gasteiger partial charge in [-0.05, 0) is 19.1 Å². The SMILES string of the molecule is C=CC.CC(=O)Oc1ccccc1. The fourth-order valence-electron chi connectivity index (χ4n) is 0.655. The molecule has 1 aromatic carbocycles. The maximum atomic E-state index is 10.4. The molecule has 0 heterocycles. The average molecular weight is 178 g/mol. The summed E-state index contributed by atoms with van der Waals surface area (Å²) in [7, 11) is 0. The summed E-state index contributed by atoms with van der Waals surface area (Å²) in [5.41, 5.74) is 0. The standard InChI is InChI=1S/C8H8O2.C3H6/c1-7(9)10-8-5-3-2-4-6-8;1-3-2/h2-6H,1H3;3H,1H2,2H3. The summed E-state index contributed by atoms with van der Waals surface area (Å²) < 4.78 is 4.78. The molecule has 2 heteroatoms. The number of allylic oxidation sites excluding steroid dienone is 1. The third-order valence-electron chi connectivity index (χ3n) is 1.00. The van der Waals surface area contributed by atoms with Crippen molar-refractivity contribution in [1.82, 2.24) is 0 Å². The molecule has 2 nitrogen and oxygen atoms in total. The van der Waals surface area contributed by atoms with Crippen LogP contribution in [0.15, 0.2) is 43.0 Å². The van der Waals surface area contributed by atoms with E-state index in [4.69, 9.17) is 4.74 Å². The van der Waals surface area contributed by atoms with Gasteiger partial charge in [0.25, 0.3) is 0 Å². The molecule has 0 amide bonds. The Balaban J connectivity index is 0.000000424. The smallest absolute Gasteiger partial charge is 0.308 e. The molecule has 0 bridgehead atoms. The first-order valence-electron chi connectivity index (χ1n) is 4.01. The van der Waals surface area contributed by atoms with Crippen LogP contribution in [0.4, 0.5) is 0 Å². The summed E-state index contributed by atoms with van der Waals surface area (Å²) in [5.74, 6) is 0.307. The van der Waals surface area contributed by atoms with Gasteiger partial charge in [-0.2, -0.15) is 0 Å². The van der Waals surface area contributed by atoms with Gasteiger partial charge < -0.3 is 4.74 Å². The lowest BCUT2D eigenvalue weighted by molar-refractivity contribution is -0.131. The quantitative estimate of drug-likeness (QED) is 0.375. The van der Waals surface area contributed by atoms with Gasteiger partial charge in [-0.25, -0.2) is 0 Å². The van der Waals surface area contributed by atoms with E-state index >= 15 is 0 Å². The lowest BCUT2D eigenvalue weighted by Gasteiger charge is -1.97. The first-order chi connectivity index (χ1) is 6.20. The fourth-order valence-corrected chi connectivity index (χ4v) is 0.655. The molecular weight excluding hydrogens is 164 g/mol. The number of carbonyl (C=O) groups excluding carboxylic acids is 1. The number of para-hydroxylation sites is 1.